The summed E-state index contributed by atoms with van der Waals surface area (Å²) in [5.74, 6) is 0. The minimum Gasteiger partial charge on any atom is -0.382 e. The van der Waals surface area contributed by atoms with E-state index in [4.69, 9.17) is 9.47 Å². The fourth-order valence-electron chi connectivity index (χ4n) is 0.913. The van der Waals surface area contributed by atoms with Crippen molar-refractivity contribution < 1.29 is 9.47 Å². The highest BCUT2D eigenvalue weighted by Gasteiger charge is 2.11. The molecule has 0 spiro atoms. The minimum absolute atomic E-state index is 0.267. The van der Waals surface area contributed by atoms with E-state index in [2.05, 4.69) is 5.32 Å². The van der Waals surface area contributed by atoms with Crippen LogP contribution in [0.15, 0.2) is 0 Å². The summed E-state index contributed by atoms with van der Waals surface area (Å²) in [5.41, 5.74) is 0. The van der Waals surface area contributed by atoms with E-state index >= 15 is 0 Å². The molecule has 3 nitrogen and oxygen atoms in total. The molecule has 0 aliphatic carbocycles. The SMILES string of the molecule is COCC1CNCCO1. The Morgan fingerprint density at radius 1 is 1.78 bits per heavy atom. The third-order valence-corrected chi connectivity index (χ3v) is 1.36. The number of rotatable bonds is 2. The van der Waals surface area contributed by atoms with Crippen molar-refractivity contribution in [3.8, 4) is 0 Å². The van der Waals surface area contributed by atoms with Gasteiger partial charge in [0.2, 0.25) is 0 Å². The largest absolute Gasteiger partial charge is 0.382 e. The molecule has 0 bridgehead atoms. The molecule has 0 aromatic rings. The van der Waals surface area contributed by atoms with Gasteiger partial charge in [0.15, 0.2) is 0 Å². The predicted molar refractivity (Wildman–Crippen MR) is 34.5 cm³/mol. The van der Waals surface area contributed by atoms with Crippen LogP contribution in [0.25, 0.3) is 0 Å². The first-order chi connectivity index (χ1) is 4.43. The second-order valence-electron chi connectivity index (χ2n) is 2.15. The first kappa shape index (κ1) is 6.99. The molecule has 1 atom stereocenters. The van der Waals surface area contributed by atoms with Gasteiger partial charge in [0.05, 0.1) is 19.3 Å². The molecular formula is C6H13NO2. The minimum atomic E-state index is 0.267. The standard InChI is InChI=1S/C6H13NO2/c1-8-5-6-4-7-2-3-9-6/h6-7H,2-5H2,1H3. The third kappa shape index (κ3) is 2.30. The van der Waals surface area contributed by atoms with Gasteiger partial charge in [-0.15, -0.1) is 0 Å². The van der Waals surface area contributed by atoms with Gasteiger partial charge in [0.1, 0.15) is 0 Å². The Kier molecular flexibility index (Phi) is 2.97. The number of nitrogens with one attached hydrogen (secondary N) is 1. The number of morpholine rings is 1. The number of hydrogen-bond donors (Lipinski definition) is 1. The van der Waals surface area contributed by atoms with Crippen LogP contribution in [0, 0.1) is 0 Å². The Hall–Kier alpha value is -0.120. The highest BCUT2D eigenvalue weighted by Crippen LogP contribution is 1.94. The van der Waals surface area contributed by atoms with Gasteiger partial charge in [-0.2, -0.15) is 0 Å². The molecule has 1 rings (SSSR count). The Labute approximate surface area is 55.3 Å². The molecule has 0 radical (unpaired) electrons. The molecule has 3 heteroatoms. The van der Waals surface area contributed by atoms with E-state index in [9.17, 15) is 0 Å². The van der Waals surface area contributed by atoms with Crippen LogP contribution in [0.4, 0.5) is 0 Å². The van der Waals surface area contributed by atoms with Crippen LogP contribution in [0.1, 0.15) is 0 Å². The maximum Gasteiger partial charge on any atom is 0.0932 e. The molecule has 0 amide bonds. The Balaban J connectivity index is 2.08. The average molecular weight is 131 g/mol. The van der Waals surface area contributed by atoms with E-state index in [1.54, 1.807) is 7.11 Å². The van der Waals surface area contributed by atoms with Crippen molar-refractivity contribution in [1.82, 2.24) is 5.32 Å². The maximum absolute atomic E-state index is 5.33. The zero-order valence-electron chi connectivity index (χ0n) is 5.72. The summed E-state index contributed by atoms with van der Waals surface area (Å²) in [4.78, 5) is 0. The van der Waals surface area contributed by atoms with Crippen LogP contribution in [0.5, 0.6) is 0 Å². The van der Waals surface area contributed by atoms with Crippen molar-refractivity contribution >= 4 is 0 Å². The molecule has 1 heterocycles. The summed E-state index contributed by atoms with van der Waals surface area (Å²) >= 11 is 0. The Morgan fingerprint density at radius 2 is 2.67 bits per heavy atom. The van der Waals surface area contributed by atoms with Crippen molar-refractivity contribution in [2.24, 2.45) is 0 Å². The van der Waals surface area contributed by atoms with Crippen LogP contribution >= 0.6 is 0 Å². The summed E-state index contributed by atoms with van der Waals surface area (Å²) in [6, 6.07) is 0. The smallest absolute Gasteiger partial charge is 0.0932 e. The first-order valence-corrected chi connectivity index (χ1v) is 3.24. The van der Waals surface area contributed by atoms with Gasteiger partial charge < -0.3 is 14.8 Å². The van der Waals surface area contributed by atoms with Gasteiger partial charge >= 0.3 is 0 Å². The van der Waals surface area contributed by atoms with E-state index in [1.165, 1.54) is 0 Å². The van der Waals surface area contributed by atoms with Crippen molar-refractivity contribution in [2.45, 2.75) is 6.10 Å². The molecule has 1 fully saturated rings. The van der Waals surface area contributed by atoms with E-state index in [0.29, 0.717) is 6.61 Å². The summed E-state index contributed by atoms with van der Waals surface area (Å²) < 4.78 is 10.2. The van der Waals surface area contributed by atoms with E-state index in [1.807, 2.05) is 0 Å². The number of methoxy groups -OCH3 is 1. The van der Waals surface area contributed by atoms with E-state index < -0.39 is 0 Å². The van der Waals surface area contributed by atoms with Crippen LogP contribution in [0.3, 0.4) is 0 Å². The molecule has 0 saturated carbocycles. The zero-order valence-corrected chi connectivity index (χ0v) is 5.72. The lowest BCUT2D eigenvalue weighted by atomic mass is 10.3. The molecule has 1 aliphatic heterocycles. The summed E-state index contributed by atoms with van der Waals surface area (Å²) in [6.07, 6.45) is 0.267. The number of ether oxygens (including phenoxy) is 2. The Morgan fingerprint density at radius 3 is 3.22 bits per heavy atom. The lowest BCUT2D eigenvalue weighted by Crippen LogP contribution is -2.40. The van der Waals surface area contributed by atoms with Gasteiger partial charge in [-0.3, -0.25) is 0 Å². The van der Waals surface area contributed by atoms with Crippen molar-refractivity contribution in [3.05, 3.63) is 0 Å². The monoisotopic (exact) mass is 131 g/mol. The molecule has 1 saturated heterocycles. The molecule has 1 N–H and O–H groups in total. The summed E-state index contributed by atoms with van der Waals surface area (Å²) in [7, 11) is 1.69. The van der Waals surface area contributed by atoms with Gasteiger partial charge in [-0.05, 0) is 0 Å². The summed E-state index contributed by atoms with van der Waals surface area (Å²) in [6.45, 7) is 3.41. The van der Waals surface area contributed by atoms with Crippen LogP contribution < -0.4 is 5.32 Å². The van der Waals surface area contributed by atoms with Crippen LogP contribution in [-0.4, -0.2) is 39.5 Å². The van der Waals surface area contributed by atoms with Gasteiger partial charge in [0.25, 0.3) is 0 Å². The normalized spacial score (nSPS) is 28.3. The topological polar surface area (TPSA) is 30.5 Å². The summed E-state index contributed by atoms with van der Waals surface area (Å²) in [5, 5.41) is 3.21. The second kappa shape index (κ2) is 3.82. The molecule has 54 valence electrons. The lowest BCUT2D eigenvalue weighted by molar-refractivity contribution is -0.0188. The van der Waals surface area contributed by atoms with Gasteiger partial charge in [0, 0.05) is 20.2 Å². The third-order valence-electron chi connectivity index (χ3n) is 1.36. The highest BCUT2D eigenvalue weighted by molar-refractivity contribution is 4.65. The Bertz CT molecular complexity index is 68.7. The fourth-order valence-corrected chi connectivity index (χ4v) is 0.913. The van der Waals surface area contributed by atoms with Gasteiger partial charge in [-0.25, -0.2) is 0 Å². The lowest BCUT2D eigenvalue weighted by Gasteiger charge is -2.22. The number of hydrogen-bond acceptors (Lipinski definition) is 3. The highest BCUT2D eigenvalue weighted by atomic mass is 16.5. The molecule has 1 aliphatic rings. The second-order valence-corrected chi connectivity index (χ2v) is 2.15. The molecule has 0 aromatic heterocycles. The predicted octanol–water partition coefficient (Wildman–Crippen LogP) is -0.379. The van der Waals surface area contributed by atoms with Gasteiger partial charge in [-0.1, -0.05) is 0 Å². The molecule has 9 heavy (non-hydrogen) atoms. The zero-order chi connectivity index (χ0) is 6.53. The van der Waals surface area contributed by atoms with Crippen molar-refractivity contribution in [2.75, 3.05) is 33.4 Å². The van der Waals surface area contributed by atoms with E-state index in [0.717, 1.165) is 19.7 Å². The first-order valence-electron chi connectivity index (χ1n) is 3.24. The average Bonchev–Trinajstić information content (AvgIpc) is 1.91. The molecule has 1 unspecified atom stereocenters. The fraction of sp³-hybridized carbons (Fsp3) is 1.00. The molecule has 0 aromatic carbocycles. The van der Waals surface area contributed by atoms with Crippen molar-refractivity contribution in [3.63, 3.8) is 0 Å². The van der Waals surface area contributed by atoms with E-state index in [-0.39, 0.29) is 6.10 Å². The molecular weight excluding hydrogens is 118 g/mol. The quantitative estimate of drug-likeness (QED) is 0.554. The maximum atomic E-state index is 5.33. The van der Waals surface area contributed by atoms with Crippen LogP contribution in [0.2, 0.25) is 0 Å². The van der Waals surface area contributed by atoms with Crippen molar-refractivity contribution in [1.29, 1.82) is 0 Å². The van der Waals surface area contributed by atoms with Crippen LogP contribution in [-0.2, 0) is 9.47 Å².